The van der Waals surface area contributed by atoms with Gasteiger partial charge in [-0.05, 0) is 48.7 Å². The maximum absolute atomic E-state index is 12.0. The van der Waals surface area contributed by atoms with Crippen molar-refractivity contribution in [1.29, 1.82) is 0 Å². The largest absolute Gasteiger partial charge is 0.493 e. The molecule has 1 aliphatic rings. The number of nitrogens with one attached hydrogen (secondary N) is 1. The molecule has 3 rings (SSSR count). The molecule has 2 N–H and O–H groups in total. The Morgan fingerprint density at radius 3 is 2.56 bits per heavy atom. The average Bonchev–Trinajstić information content (AvgIpc) is 2.70. The van der Waals surface area contributed by atoms with Crippen molar-refractivity contribution in [2.24, 2.45) is 5.92 Å². The molecule has 1 amide bonds. The van der Waals surface area contributed by atoms with Crippen LogP contribution in [0.5, 0.6) is 5.75 Å². The summed E-state index contributed by atoms with van der Waals surface area (Å²) in [4.78, 5) is 23.6. The summed E-state index contributed by atoms with van der Waals surface area (Å²) in [6.45, 7) is 8.06. The topological polar surface area (TPSA) is 84.9 Å². The molecule has 1 saturated heterocycles. The van der Waals surface area contributed by atoms with Gasteiger partial charge in [-0.3, -0.25) is 4.79 Å². The Morgan fingerprint density at radius 2 is 1.94 bits per heavy atom. The number of carboxylic acid groups (broad SMARTS) is 1. The Labute approximate surface area is 193 Å². The number of ether oxygens (including phenoxy) is 2. The van der Waals surface area contributed by atoms with Crippen LogP contribution in [0.15, 0.2) is 42.5 Å². The first-order valence-electron chi connectivity index (χ1n) is 10.8. The third-order valence-corrected chi connectivity index (χ3v) is 5.71. The van der Waals surface area contributed by atoms with Gasteiger partial charge in [0, 0.05) is 35.9 Å². The molecule has 7 heteroatoms. The quantitative estimate of drug-likeness (QED) is 0.566. The molecule has 3 atom stereocenters. The summed E-state index contributed by atoms with van der Waals surface area (Å²) in [6, 6.07) is 12.3. The Balaban J connectivity index is 2.04. The minimum atomic E-state index is -1.02. The zero-order valence-electron chi connectivity index (χ0n) is 18.9. The van der Waals surface area contributed by atoms with Crippen LogP contribution in [0.2, 0.25) is 5.02 Å². The highest BCUT2D eigenvalue weighted by Gasteiger charge is 2.41. The molecule has 0 aromatic heterocycles. The van der Waals surface area contributed by atoms with Crippen LogP contribution in [0.4, 0.5) is 0 Å². The van der Waals surface area contributed by atoms with Gasteiger partial charge in [-0.1, -0.05) is 37.6 Å². The Hall–Kier alpha value is -2.57. The van der Waals surface area contributed by atoms with E-state index in [0.29, 0.717) is 41.7 Å². The van der Waals surface area contributed by atoms with Crippen LogP contribution in [0, 0.1) is 5.92 Å². The average molecular weight is 460 g/mol. The zero-order chi connectivity index (χ0) is 23.5. The number of aromatic carboxylic acids is 1. The number of benzene rings is 2. The van der Waals surface area contributed by atoms with Crippen LogP contribution in [-0.4, -0.2) is 29.1 Å². The lowest BCUT2D eigenvalue weighted by Crippen LogP contribution is -2.50. The van der Waals surface area contributed by atoms with E-state index in [2.05, 4.69) is 5.32 Å². The second-order valence-electron chi connectivity index (χ2n) is 9.08. The van der Waals surface area contributed by atoms with Gasteiger partial charge < -0.3 is 19.9 Å². The predicted molar refractivity (Wildman–Crippen MR) is 123 cm³/mol. The van der Waals surface area contributed by atoms with E-state index in [1.165, 1.54) is 13.0 Å². The van der Waals surface area contributed by atoms with E-state index in [0.717, 1.165) is 5.56 Å². The van der Waals surface area contributed by atoms with Crippen LogP contribution in [0.3, 0.4) is 0 Å². The maximum atomic E-state index is 12.0. The minimum absolute atomic E-state index is 0.131. The second-order valence-corrected chi connectivity index (χ2v) is 9.52. The molecule has 2 aromatic carbocycles. The smallest absolute Gasteiger partial charge is 0.335 e. The van der Waals surface area contributed by atoms with Gasteiger partial charge in [0.05, 0.1) is 24.4 Å². The molecule has 2 aromatic rings. The molecular weight excluding hydrogens is 430 g/mol. The lowest BCUT2D eigenvalue weighted by molar-refractivity contribution is -0.126. The highest BCUT2D eigenvalue weighted by molar-refractivity contribution is 6.30. The molecule has 1 aliphatic heterocycles. The Morgan fingerprint density at radius 1 is 1.22 bits per heavy atom. The van der Waals surface area contributed by atoms with Gasteiger partial charge >= 0.3 is 5.97 Å². The molecule has 0 aliphatic carbocycles. The van der Waals surface area contributed by atoms with E-state index in [1.54, 1.807) is 18.2 Å². The lowest BCUT2D eigenvalue weighted by atomic mass is 9.81. The fraction of sp³-hybridized carbons (Fsp3) is 0.440. The number of carboxylic acids is 1. The Bertz CT molecular complexity index is 992. The molecule has 6 nitrogen and oxygen atoms in total. The molecule has 0 radical (unpaired) electrons. The van der Waals surface area contributed by atoms with Gasteiger partial charge in [-0.25, -0.2) is 4.79 Å². The summed E-state index contributed by atoms with van der Waals surface area (Å²) in [7, 11) is 0. The number of carbonyl (C=O) groups is 2. The van der Waals surface area contributed by atoms with E-state index < -0.39 is 17.6 Å². The van der Waals surface area contributed by atoms with Crippen LogP contribution in [0.25, 0.3) is 0 Å². The second kappa shape index (κ2) is 9.92. The van der Waals surface area contributed by atoms with Crippen LogP contribution in [0.1, 0.15) is 74.2 Å². The van der Waals surface area contributed by atoms with Gasteiger partial charge in [-0.15, -0.1) is 0 Å². The molecular formula is C25H30ClNO5. The SMILES string of the molecule is CC(=O)N[C@@]1(C)C[C@@H](c2cccc(Cl)c2)O[C@@H](c2cc(C(=O)O)ccc2OCC(C)C)C1. The first kappa shape index (κ1) is 24.1. The van der Waals surface area contributed by atoms with Crippen LogP contribution < -0.4 is 10.1 Å². The van der Waals surface area contributed by atoms with Crippen molar-refractivity contribution in [2.45, 2.75) is 58.3 Å². The summed E-state index contributed by atoms with van der Waals surface area (Å²) in [5, 5.41) is 13.2. The number of amides is 1. The predicted octanol–water partition coefficient (Wildman–Crippen LogP) is 5.56. The third-order valence-electron chi connectivity index (χ3n) is 5.47. The number of halogens is 1. The highest BCUT2D eigenvalue weighted by atomic mass is 35.5. The van der Waals surface area contributed by atoms with Crippen LogP contribution in [-0.2, 0) is 9.53 Å². The van der Waals surface area contributed by atoms with Crippen molar-refractivity contribution in [1.82, 2.24) is 5.32 Å². The molecule has 172 valence electrons. The summed E-state index contributed by atoms with van der Waals surface area (Å²) >= 11 is 6.21. The fourth-order valence-electron chi connectivity index (χ4n) is 4.13. The zero-order valence-corrected chi connectivity index (χ0v) is 19.6. The number of hydrogen-bond acceptors (Lipinski definition) is 4. The van der Waals surface area contributed by atoms with Gasteiger partial charge in [0.2, 0.25) is 5.91 Å². The van der Waals surface area contributed by atoms with Crippen molar-refractivity contribution in [3.05, 3.63) is 64.2 Å². The van der Waals surface area contributed by atoms with Crippen molar-refractivity contribution < 1.29 is 24.2 Å². The normalized spacial score (nSPS) is 23.1. The Kier molecular flexibility index (Phi) is 7.47. The van der Waals surface area contributed by atoms with Crippen LogP contribution >= 0.6 is 11.6 Å². The van der Waals surface area contributed by atoms with Gasteiger partial charge in [0.25, 0.3) is 0 Å². The van der Waals surface area contributed by atoms with Crippen molar-refractivity contribution in [2.75, 3.05) is 6.61 Å². The first-order chi connectivity index (χ1) is 15.1. The molecule has 0 unspecified atom stereocenters. The molecule has 1 heterocycles. The van der Waals surface area contributed by atoms with Crippen molar-refractivity contribution >= 4 is 23.5 Å². The highest BCUT2D eigenvalue weighted by Crippen LogP contribution is 2.46. The molecule has 1 fully saturated rings. The van der Waals surface area contributed by atoms with E-state index in [1.807, 2.05) is 39.0 Å². The number of rotatable bonds is 7. The summed E-state index contributed by atoms with van der Waals surface area (Å²) in [5.41, 5.74) is 1.16. The van der Waals surface area contributed by atoms with Gasteiger partial charge in [0.1, 0.15) is 5.75 Å². The van der Waals surface area contributed by atoms with E-state index in [4.69, 9.17) is 21.1 Å². The number of hydrogen-bond donors (Lipinski definition) is 2. The standard InChI is InChI=1S/C25H30ClNO5/c1-15(2)14-31-21-9-8-18(24(29)30)11-20(21)23-13-25(4,27-16(3)28)12-22(32-23)17-6-5-7-19(26)10-17/h5-11,15,22-23H,12-14H2,1-4H3,(H,27,28)(H,29,30)/t22-,23+,25-/m0/s1. The van der Waals surface area contributed by atoms with Gasteiger partial charge in [-0.2, -0.15) is 0 Å². The summed E-state index contributed by atoms with van der Waals surface area (Å²) in [5.74, 6) is -0.259. The third kappa shape index (κ3) is 6.02. The molecule has 0 saturated carbocycles. The van der Waals surface area contributed by atoms with Crippen molar-refractivity contribution in [3.8, 4) is 5.75 Å². The summed E-state index contributed by atoms with van der Waals surface area (Å²) in [6.07, 6.45) is 0.219. The minimum Gasteiger partial charge on any atom is -0.493 e. The monoisotopic (exact) mass is 459 g/mol. The number of carbonyl (C=O) groups excluding carboxylic acids is 1. The van der Waals surface area contributed by atoms with E-state index in [9.17, 15) is 14.7 Å². The summed E-state index contributed by atoms with van der Waals surface area (Å²) < 4.78 is 12.5. The van der Waals surface area contributed by atoms with Gasteiger partial charge in [0.15, 0.2) is 0 Å². The maximum Gasteiger partial charge on any atom is 0.335 e. The molecule has 32 heavy (non-hydrogen) atoms. The van der Waals surface area contributed by atoms with Crippen molar-refractivity contribution in [3.63, 3.8) is 0 Å². The van der Waals surface area contributed by atoms with E-state index >= 15 is 0 Å². The molecule has 0 bridgehead atoms. The lowest BCUT2D eigenvalue weighted by Gasteiger charge is -2.43. The first-order valence-corrected chi connectivity index (χ1v) is 11.1. The molecule has 0 spiro atoms. The van der Waals surface area contributed by atoms with E-state index in [-0.39, 0.29) is 17.6 Å². The fourth-order valence-corrected chi connectivity index (χ4v) is 4.33.